The van der Waals surface area contributed by atoms with Gasteiger partial charge in [0.15, 0.2) is 0 Å². The van der Waals surface area contributed by atoms with Gasteiger partial charge < -0.3 is 10.7 Å². The molecule has 1 aromatic heterocycles. The number of nitrogens with one attached hydrogen (secondary N) is 1. The van der Waals surface area contributed by atoms with Gasteiger partial charge in [0, 0.05) is 16.1 Å². The van der Waals surface area contributed by atoms with Crippen LogP contribution in [0.4, 0.5) is 5.69 Å². The third-order valence-corrected chi connectivity index (χ3v) is 2.35. The summed E-state index contributed by atoms with van der Waals surface area (Å²) in [6.45, 7) is 0. The highest BCUT2D eigenvalue weighted by molar-refractivity contribution is 9.10. The molecule has 4 heteroatoms. The summed E-state index contributed by atoms with van der Waals surface area (Å²) in [7, 11) is 0. The van der Waals surface area contributed by atoms with E-state index in [0.717, 1.165) is 21.1 Å². The van der Waals surface area contributed by atoms with Crippen LogP contribution in [0, 0.1) is 0 Å². The average molecular weight is 248 g/mol. The molecule has 0 fully saturated rings. The van der Waals surface area contributed by atoms with Crippen molar-refractivity contribution in [2.45, 2.75) is 0 Å². The Hall–Kier alpha value is -0.670. The molecule has 0 amide bonds. The second-order valence-electron chi connectivity index (χ2n) is 2.41. The molecule has 2 aromatic rings. The number of para-hydroxylation sites is 1. The first-order valence-corrected chi connectivity index (χ1v) is 4.09. The lowest BCUT2D eigenvalue weighted by molar-refractivity contribution is 1.47. The van der Waals surface area contributed by atoms with E-state index in [1.54, 1.807) is 0 Å². The van der Waals surface area contributed by atoms with Gasteiger partial charge in [0.1, 0.15) is 0 Å². The highest BCUT2D eigenvalue weighted by atomic mass is 79.9. The van der Waals surface area contributed by atoms with E-state index in [1.165, 1.54) is 0 Å². The minimum atomic E-state index is 0. The Labute approximate surface area is 84.7 Å². The van der Waals surface area contributed by atoms with Gasteiger partial charge in [-0.25, -0.2) is 0 Å². The van der Waals surface area contributed by atoms with E-state index in [-0.39, 0.29) is 12.4 Å². The van der Waals surface area contributed by atoms with Gasteiger partial charge in [0.2, 0.25) is 0 Å². The van der Waals surface area contributed by atoms with E-state index in [2.05, 4.69) is 20.9 Å². The molecule has 12 heavy (non-hydrogen) atoms. The Balaban J connectivity index is 0.000000720. The van der Waals surface area contributed by atoms with Gasteiger partial charge in [-0.1, -0.05) is 12.1 Å². The van der Waals surface area contributed by atoms with Gasteiger partial charge in [-0.3, -0.25) is 0 Å². The van der Waals surface area contributed by atoms with E-state index >= 15 is 0 Å². The number of anilines is 1. The minimum absolute atomic E-state index is 0. The van der Waals surface area contributed by atoms with E-state index in [0.29, 0.717) is 0 Å². The third-order valence-electron chi connectivity index (χ3n) is 1.70. The van der Waals surface area contributed by atoms with E-state index < -0.39 is 0 Å². The molecule has 0 atom stereocenters. The number of H-pyrrole nitrogens is 1. The number of halogens is 2. The maximum atomic E-state index is 5.72. The Morgan fingerprint density at radius 1 is 1.33 bits per heavy atom. The van der Waals surface area contributed by atoms with Crippen LogP contribution in [0.1, 0.15) is 0 Å². The van der Waals surface area contributed by atoms with Crippen LogP contribution in [0.3, 0.4) is 0 Å². The lowest BCUT2D eigenvalue weighted by atomic mass is 10.2. The van der Waals surface area contributed by atoms with Crippen molar-refractivity contribution < 1.29 is 0 Å². The molecule has 0 bridgehead atoms. The number of hydrogen-bond donors (Lipinski definition) is 2. The maximum Gasteiger partial charge on any atom is 0.0699 e. The molecular formula is C8H8BrClN2. The number of rotatable bonds is 0. The summed E-state index contributed by atoms with van der Waals surface area (Å²) in [4.78, 5) is 3.08. The molecule has 0 aliphatic rings. The van der Waals surface area contributed by atoms with Gasteiger partial charge in [0.25, 0.3) is 0 Å². The highest BCUT2D eigenvalue weighted by Gasteiger charge is 2.01. The summed E-state index contributed by atoms with van der Waals surface area (Å²) in [6.07, 6.45) is 1.89. The Morgan fingerprint density at radius 2 is 2.08 bits per heavy atom. The first-order chi connectivity index (χ1) is 5.29. The van der Waals surface area contributed by atoms with Crippen LogP contribution in [0.25, 0.3) is 10.9 Å². The van der Waals surface area contributed by atoms with Crippen molar-refractivity contribution in [2.75, 3.05) is 5.73 Å². The summed E-state index contributed by atoms with van der Waals surface area (Å²) in [6, 6.07) is 5.84. The fourth-order valence-corrected chi connectivity index (χ4v) is 1.59. The Morgan fingerprint density at radius 3 is 2.75 bits per heavy atom. The second-order valence-corrected chi connectivity index (χ2v) is 3.26. The molecule has 0 radical (unpaired) electrons. The summed E-state index contributed by atoms with van der Waals surface area (Å²) < 4.78 is 1.06. The standard InChI is InChI=1S/C8H7BrN2.ClH/c9-6-4-11-8-5(6)2-1-3-7(8)10;/h1-4,11H,10H2;1H. The van der Waals surface area contributed by atoms with E-state index in [9.17, 15) is 0 Å². The summed E-state index contributed by atoms with van der Waals surface area (Å²) >= 11 is 3.41. The zero-order valence-electron chi connectivity index (χ0n) is 6.17. The molecular weight excluding hydrogens is 239 g/mol. The van der Waals surface area contributed by atoms with E-state index in [1.807, 2.05) is 24.4 Å². The van der Waals surface area contributed by atoms with Crippen molar-refractivity contribution in [3.8, 4) is 0 Å². The molecule has 1 aromatic carbocycles. The van der Waals surface area contributed by atoms with Crippen molar-refractivity contribution in [1.29, 1.82) is 0 Å². The molecule has 0 spiro atoms. The second kappa shape index (κ2) is 3.37. The first kappa shape index (κ1) is 9.42. The number of hydrogen-bond acceptors (Lipinski definition) is 1. The van der Waals surface area contributed by atoms with Crippen LogP contribution in [0.5, 0.6) is 0 Å². The van der Waals surface area contributed by atoms with Crippen molar-refractivity contribution in [3.63, 3.8) is 0 Å². The lowest BCUT2D eigenvalue weighted by Gasteiger charge is -1.93. The molecule has 64 valence electrons. The van der Waals surface area contributed by atoms with E-state index in [4.69, 9.17) is 5.73 Å². The van der Waals surface area contributed by atoms with Crippen LogP contribution < -0.4 is 5.73 Å². The minimum Gasteiger partial charge on any atom is -0.397 e. The van der Waals surface area contributed by atoms with Gasteiger partial charge in [0.05, 0.1) is 11.2 Å². The molecule has 0 aliphatic carbocycles. The molecule has 1 heterocycles. The van der Waals surface area contributed by atoms with Crippen LogP contribution in [-0.4, -0.2) is 4.98 Å². The number of fused-ring (bicyclic) bond motifs is 1. The lowest BCUT2D eigenvalue weighted by Crippen LogP contribution is -1.84. The molecule has 0 unspecified atom stereocenters. The van der Waals surface area contributed by atoms with Gasteiger partial charge in [-0.15, -0.1) is 12.4 Å². The monoisotopic (exact) mass is 246 g/mol. The number of nitrogens with two attached hydrogens (primary N) is 1. The third kappa shape index (κ3) is 1.30. The topological polar surface area (TPSA) is 41.8 Å². The zero-order chi connectivity index (χ0) is 7.84. The molecule has 0 aliphatic heterocycles. The van der Waals surface area contributed by atoms with Gasteiger partial charge in [-0.05, 0) is 22.0 Å². The number of aromatic amines is 1. The van der Waals surface area contributed by atoms with Crippen molar-refractivity contribution in [3.05, 3.63) is 28.9 Å². The number of benzene rings is 1. The fourth-order valence-electron chi connectivity index (χ4n) is 1.14. The number of aromatic nitrogens is 1. The van der Waals surface area contributed by atoms with Gasteiger partial charge >= 0.3 is 0 Å². The van der Waals surface area contributed by atoms with Crippen molar-refractivity contribution in [2.24, 2.45) is 0 Å². The van der Waals surface area contributed by atoms with Crippen LogP contribution >= 0.6 is 28.3 Å². The summed E-state index contributed by atoms with van der Waals surface area (Å²) in [5.74, 6) is 0. The molecule has 0 saturated carbocycles. The molecule has 2 rings (SSSR count). The molecule has 3 N–H and O–H groups in total. The smallest absolute Gasteiger partial charge is 0.0699 e. The predicted molar refractivity (Wildman–Crippen MR) is 57.7 cm³/mol. The predicted octanol–water partition coefficient (Wildman–Crippen LogP) is 2.93. The largest absolute Gasteiger partial charge is 0.397 e. The normalized spacial score (nSPS) is 9.75. The van der Waals surface area contributed by atoms with Gasteiger partial charge in [-0.2, -0.15) is 0 Å². The SMILES string of the molecule is Cl.Nc1cccc2c(Br)c[nH]c12. The molecule has 2 nitrogen and oxygen atoms in total. The summed E-state index contributed by atoms with van der Waals surface area (Å²) in [5.41, 5.74) is 7.50. The summed E-state index contributed by atoms with van der Waals surface area (Å²) in [5, 5.41) is 1.13. The van der Waals surface area contributed by atoms with Crippen LogP contribution in [-0.2, 0) is 0 Å². The Kier molecular flexibility index (Phi) is 2.65. The molecule has 0 saturated heterocycles. The first-order valence-electron chi connectivity index (χ1n) is 3.30. The van der Waals surface area contributed by atoms with Crippen LogP contribution in [0.15, 0.2) is 28.9 Å². The average Bonchev–Trinajstić information content (AvgIpc) is 2.35. The van der Waals surface area contributed by atoms with Crippen LogP contribution in [0.2, 0.25) is 0 Å². The van der Waals surface area contributed by atoms with Crippen molar-refractivity contribution >= 4 is 44.9 Å². The van der Waals surface area contributed by atoms with Crippen molar-refractivity contribution in [1.82, 2.24) is 4.98 Å². The zero-order valence-corrected chi connectivity index (χ0v) is 8.58. The maximum absolute atomic E-state index is 5.72. The number of nitrogen functional groups attached to an aromatic ring is 1. The highest BCUT2D eigenvalue weighted by Crippen LogP contribution is 2.26. The fraction of sp³-hybridized carbons (Fsp3) is 0. The Bertz CT molecular complexity index is 397. The quantitative estimate of drug-likeness (QED) is 0.691.